The molecule has 7 heterocycles. The number of ether oxygens (including phenoxy) is 2. The van der Waals surface area contributed by atoms with E-state index in [9.17, 15) is 15.0 Å². The summed E-state index contributed by atoms with van der Waals surface area (Å²) < 4.78 is 39.5. The predicted octanol–water partition coefficient (Wildman–Crippen LogP) is -0.294. The van der Waals surface area contributed by atoms with E-state index in [1.165, 1.54) is 28.1 Å². The normalized spacial score (nSPS) is 37.7. The molecule has 4 aromatic rings. The molecule has 10 atom stereocenters. The van der Waals surface area contributed by atoms with Crippen molar-refractivity contribution in [1.82, 2.24) is 39.0 Å². The van der Waals surface area contributed by atoms with Gasteiger partial charge in [-0.15, -0.1) is 0 Å². The van der Waals surface area contributed by atoms with Crippen LogP contribution in [0.15, 0.2) is 23.8 Å². The third kappa shape index (κ3) is 5.60. The van der Waals surface area contributed by atoms with Crippen LogP contribution in [0, 0.1) is 0 Å². The van der Waals surface area contributed by atoms with Gasteiger partial charge in [-0.1, -0.05) is 24.5 Å². The number of anilines is 2. The number of nitrogen functional groups attached to an aromatic ring is 2. The van der Waals surface area contributed by atoms with E-state index in [0.717, 1.165) is 0 Å². The Bertz CT molecular complexity index is 1940. The number of aromatic nitrogens is 8. The first-order valence-electron chi connectivity index (χ1n) is 13.2. The first kappa shape index (κ1) is 31.1. The lowest BCUT2D eigenvalue weighted by Crippen LogP contribution is -2.38. The van der Waals surface area contributed by atoms with E-state index in [-0.39, 0.29) is 36.1 Å². The van der Waals surface area contributed by atoms with Crippen molar-refractivity contribution in [2.24, 2.45) is 0 Å². The third-order valence-electron chi connectivity index (χ3n) is 7.46. The summed E-state index contributed by atoms with van der Waals surface area (Å²) in [6.07, 6.45) is 3.18. The highest BCUT2D eigenvalue weighted by molar-refractivity contribution is 8.48. The van der Waals surface area contributed by atoms with Crippen LogP contribution in [-0.4, -0.2) is 112 Å². The van der Waals surface area contributed by atoms with E-state index >= 15 is 0 Å². The second-order valence-electron chi connectivity index (χ2n) is 10.5. The van der Waals surface area contributed by atoms with Crippen LogP contribution < -0.4 is 17.0 Å². The van der Waals surface area contributed by atoms with Crippen LogP contribution in [-0.2, 0) is 27.6 Å². The van der Waals surface area contributed by atoms with Gasteiger partial charge in [0.25, 0.3) is 5.56 Å². The number of aliphatic hydroxyl groups is 2. The predicted molar refractivity (Wildman–Crippen MR) is 170 cm³/mol. The van der Waals surface area contributed by atoms with E-state index in [0.29, 0.717) is 11.2 Å². The van der Waals surface area contributed by atoms with E-state index in [4.69, 9.17) is 39.0 Å². The van der Waals surface area contributed by atoms with E-state index in [1.807, 2.05) is 0 Å². The molecule has 3 aliphatic rings. The minimum atomic E-state index is -3.26. The molecule has 242 valence electrons. The second kappa shape index (κ2) is 11.3. The summed E-state index contributed by atoms with van der Waals surface area (Å²) in [6.45, 7) is -6.93. The lowest BCUT2D eigenvalue weighted by molar-refractivity contribution is -0.0529. The van der Waals surface area contributed by atoms with Gasteiger partial charge in [-0.2, -0.15) is 4.98 Å². The molecule has 0 aromatic carbocycles. The minimum Gasteiger partial charge on any atom is -0.386 e. The van der Waals surface area contributed by atoms with Gasteiger partial charge in [0, 0.05) is 0 Å². The van der Waals surface area contributed by atoms with Gasteiger partial charge in [0.1, 0.15) is 48.5 Å². The third-order valence-corrected chi connectivity index (χ3v) is 11.0. The van der Waals surface area contributed by atoms with Crippen LogP contribution in [0.1, 0.15) is 12.5 Å². The molecule has 23 heteroatoms. The Morgan fingerprint density at radius 2 is 1.40 bits per heavy atom. The van der Waals surface area contributed by atoms with E-state index in [1.54, 1.807) is 0 Å². The van der Waals surface area contributed by atoms with Crippen molar-refractivity contribution in [3.05, 3.63) is 29.3 Å². The Balaban J connectivity index is 1.17. The highest BCUT2D eigenvalue weighted by atomic mass is 32.7. The number of nitrogens with zero attached hydrogens (tertiary/aromatic N) is 7. The molecule has 3 saturated heterocycles. The summed E-state index contributed by atoms with van der Waals surface area (Å²) in [7, 11) is 0. The van der Waals surface area contributed by atoms with E-state index < -0.39 is 67.7 Å². The molecule has 2 unspecified atom stereocenters. The van der Waals surface area contributed by atoms with Crippen LogP contribution in [0.2, 0.25) is 0 Å². The van der Waals surface area contributed by atoms with Gasteiger partial charge in [-0.25, -0.2) is 19.9 Å². The first-order valence-corrected chi connectivity index (χ1v) is 19.1. The fourth-order valence-electron chi connectivity index (χ4n) is 5.43. The Hall–Kier alpha value is -2.52. The molecular formula is C22H28N10O9P2S2. The number of aliphatic hydroxyl groups excluding tert-OH is 2. The Labute approximate surface area is 263 Å². The van der Waals surface area contributed by atoms with Gasteiger partial charge >= 0.3 is 0 Å². The zero-order valence-corrected chi connectivity index (χ0v) is 26.6. The van der Waals surface area contributed by atoms with Gasteiger partial charge in [0.2, 0.25) is 5.95 Å². The number of imidazole rings is 2. The summed E-state index contributed by atoms with van der Waals surface area (Å²) in [4.78, 5) is 35.3. The molecule has 0 amide bonds. The SMILES string of the molecule is C=P1(S)OC[C@H]2O[C@@H](n3cnc4c(=O)[nH]c(N)nc43)[C@H](O)[C@@H]2OP(=C)(S)OC[C@@H]2O[C@H](n3cnc4c(N)ncnc43)[C@H](O)[C@H]2O1. The maximum atomic E-state index is 12.3. The minimum absolute atomic E-state index is 0.00550. The number of fused-ring (bicyclic) bond motifs is 4. The zero-order chi connectivity index (χ0) is 31.8. The van der Waals surface area contributed by atoms with Crippen molar-refractivity contribution in [3.63, 3.8) is 0 Å². The fourth-order valence-corrected chi connectivity index (χ4v) is 8.65. The second-order valence-corrected chi connectivity index (χ2v) is 17.6. The monoisotopic (exact) mass is 702 g/mol. The summed E-state index contributed by atoms with van der Waals surface area (Å²) in [5.74, 6) is 0.0177. The molecule has 0 saturated carbocycles. The standard InChI is InChI=1S/C22H28N10O9P2S2/c1-42(44)37-4-9-15(13(34)21(39-9)32-7-28-11-18(32)29-22(24)30-19(11)35)41-43(2,45)36-3-8-14(40-42)12(33)20(38-8)31-6-27-10-16(23)25-5-26-17(10)31/h5-9,12-15,20-21,33-34,44-45H,1-4H2,(H2,23,25,26)(H3,24,29,30,35)/t8-,9+,12+,13+,14-,15+,20-,21+,42?,43?/m0/s1. The highest BCUT2D eigenvalue weighted by Crippen LogP contribution is 2.59. The van der Waals surface area contributed by atoms with Crippen molar-refractivity contribution in [2.75, 3.05) is 24.7 Å². The highest BCUT2D eigenvalue weighted by Gasteiger charge is 2.51. The van der Waals surface area contributed by atoms with Crippen LogP contribution >= 0.6 is 37.6 Å². The number of thiol groups is 2. The van der Waals surface area contributed by atoms with Gasteiger partial charge in [-0.3, -0.25) is 18.9 Å². The zero-order valence-electron chi connectivity index (χ0n) is 23.0. The Kier molecular flexibility index (Phi) is 7.82. The maximum absolute atomic E-state index is 12.3. The van der Waals surface area contributed by atoms with Gasteiger partial charge < -0.3 is 49.2 Å². The molecule has 45 heavy (non-hydrogen) atoms. The quantitative estimate of drug-likeness (QED) is 0.105. The molecular weight excluding hydrogens is 674 g/mol. The summed E-state index contributed by atoms with van der Waals surface area (Å²) >= 11 is 9.10. The Morgan fingerprint density at radius 3 is 1.98 bits per heavy atom. The first-order chi connectivity index (χ1) is 21.3. The van der Waals surface area contributed by atoms with Gasteiger partial charge in [0.15, 0.2) is 48.2 Å². The van der Waals surface area contributed by atoms with Crippen molar-refractivity contribution < 1.29 is 37.8 Å². The Morgan fingerprint density at radius 1 is 0.867 bits per heavy atom. The topological polar surface area (TPSA) is 255 Å². The van der Waals surface area contributed by atoms with Crippen molar-refractivity contribution >= 4 is 84.3 Å². The van der Waals surface area contributed by atoms with Gasteiger partial charge in [-0.05, 0) is 12.6 Å². The van der Waals surface area contributed by atoms with Crippen LogP contribution in [0.5, 0.6) is 0 Å². The average Bonchev–Trinajstić information content (AvgIpc) is 3.72. The van der Waals surface area contributed by atoms with Crippen molar-refractivity contribution in [2.45, 2.75) is 49.1 Å². The number of hydrogen-bond donors (Lipinski definition) is 7. The molecule has 4 aromatic heterocycles. The van der Waals surface area contributed by atoms with Crippen molar-refractivity contribution in [1.29, 1.82) is 0 Å². The number of aromatic amines is 1. The number of hydrogen-bond acceptors (Lipinski definition) is 18. The van der Waals surface area contributed by atoms with Crippen LogP contribution in [0.3, 0.4) is 0 Å². The van der Waals surface area contributed by atoms with Crippen LogP contribution in [0.25, 0.3) is 22.3 Å². The molecule has 0 aliphatic carbocycles. The molecule has 3 aliphatic heterocycles. The lowest BCUT2D eigenvalue weighted by atomic mass is 10.1. The smallest absolute Gasteiger partial charge is 0.280 e. The average molecular weight is 703 g/mol. The number of nitrogens with two attached hydrogens (primary N) is 2. The molecule has 7 N–H and O–H groups in total. The lowest BCUT2D eigenvalue weighted by Gasteiger charge is -2.32. The molecule has 0 bridgehead atoms. The number of rotatable bonds is 2. The molecule has 3 fully saturated rings. The maximum Gasteiger partial charge on any atom is 0.280 e. The summed E-state index contributed by atoms with van der Waals surface area (Å²) in [5, 5.41) is 22.8. The summed E-state index contributed by atoms with van der Waals surface area (Å²) in [6, 6.07) is 0. The molecule has 0 radical (unpaired) electrons. The molecule has 7 rings (SSSR count). The molecule has 19 nitrogen and oxygen atoms in total. The van der Waals surface area contributed by atoms with Crippen LogP contribution in [0.4, 0.5) is 11.8 Å². The van der Waals surface area contributed by atoms with Crippen molar-refractivity contribution in [3.8, 4) is 0 Å². The van der Waals surface area contributed by atoms with E-state index in [2.05, 4.69) is 67.0 Å². The fraction of sp³-hybridized carbons (Fsp3) is 0.455. The number of H-pyrrole nitrogens is 1. The number of nitrogens with one attached hydrogen (secondary N) is 1. The summed E-state index contributed by atoms with van der Waals surface area (Å²) in [5.41, 5.74) is 11.8. The van der Waals surface area contributed by atoms with Gasteiger partial charge in [0.05, 0.1) is 25.9 Å². The largest absolute Gasteiger partial charge is 0.386 e. The molecule has 0 spiro atoms.